The summed E-state index contributed by atoms with van der Waals surface area (Å²) in [6.45, 7) is 4.89. The fourth-order valence-electron chi connectivity index (χ4n) is 1.59. The van der Waals surface area contributed by atoms with Gasteiger partial charge in [-0.05, 0) is 45.0 Å². The van der Waals surface area contributed by atoms with Gasteiger partial charge in [0.1, 0.15) is 17.5 Å². The van der Waals surface area contributed by atoms with Gasteiger partial charge in [-0.25, -0.2) is 14.0 Å². The molecule has 0 spiro atoms. The first-order valence-electron chi connectivity index (χ1n) is 6.59. The summed E-state index contributed by atoms with van der Waals surface area (Å²) in [4.78, 5) is 34.7. The van der Waals surface area contributed by atoms with Crippen LogP contribution in [0, 0.1) is 5.82 Å². The van der Waals surface area contributed by atoms with Crippen LogP contribution in [0.2, 0.25) is 0 Å². The standard InChI is InChI=1S/C15H18FNO5/c1-15(2,3)22-14(21)17-11(13(19)20)8-12(18)9-4-6-10(16)7-5-9/h4-7,11H,8H2,1-3H3,(H,17,21)(H,19,20). The minimum Gasteiger partial charge on any atom is -0.480 e. The SMILES string of the molecule is CC(C)(C)OC(=O)NC(CC(=O)c1ccc(F)cc1)C(=O)O. The third kappa shape index (κ3) is 5.90. The number of amides is 1. The number of benzene rings is 1. The number of Topliss-reactive ketones (excluding diaryl/α,β-unsaturated/α-hetero) is 1. The number of halogens is 1. The highest BCUT2D eigenvalue weighted by Crippen LogP contribution is 2.10. The third-order valence-corrected chi connectivity index (χ3v) is 2.54. The number of hydrogen-bond acceptors (Lipinski definition) is 4. The van der Waals surface area contributed by atoms with Crippen molar-refractivity contribution in [2.75, 3.05) is 0 Å². The van der Waals surface area contributed by atoms with Gasteiger partial charge in [0.2, 0.25) is 0 Å². The summed E-state index contributed by atoms with van der Waals surface area (Å²) in [5.74, 6) is -2.39. The second kappa shape index (κ2) is 7.02. The molecule has 0 saturated heterocycles. The van der Waals surface area contributed by atoms with Crippen LogP contribution in [0.5, 0.6) is 0 Å². The summed E-state index contributed by atoms with van der Waals surface area (Å²) in [6, 6.07) is 3.29. The Morgan fingerprint density at radius 3 is 2.23 bits per heavy atom. The smallest absolute Gasteiger partial charge is 0.408 e. The molecule has 7 heteroatoms. The molecule has 0 aliphatic heterocycles. The lowest BCUT2D eigenvalue weighted by atomic mass is 10.0. The predicted molar refractivity (Wildman–Crippen MR) is 76.1 cm³/mol. The van der Waals surface area contributed by atoms with Crippen molar-refractivity contribution in [2.45, 2.75) is 38.8 Å². The van der Waals surface area contributed by atoms with E-state index in [1.807, 2.05) is 0 Å². The van der Waals surface area contributed by atoms with E-state index in [-0.39, 0.29) is 5.56 Å². The zero-order valence-corrected chi connectivity index (χ0v) is 12.6. The van der Waals surface area contributed by atoms with Gasteiger partial charge >= 0.3 is 12.1 Å². The molecule has 0 aliphatic carbocycles. The molecule has 1 unspecified atom stereocenters. The predicted octanol–water partition coefficient (Wildman–Crippen LogP) is 2.38. The molecule has 0 fully saturated rings. The van der Waals surface area contributed by atoms with E-state index in [0.717, 1.165) is 12.1 Å². The molecule has 2 N–H and O–H groups in total. The number of carbonyl (C=O) groups excluding carboxylic acids is 2. The average Bonchev–Trinajstić information content (AvgIpc) is 2.36. The van der Waals surface area contributed by atoms with Crippen LogP contribution in [0.4, 0.5) is 9.18 Å². The zero-order chi connectivity index (χ0) is 16.9. The second-order valence-corrected chi connectivity index (χ2v) is 5.67. The van der Waals surface area contributed by atoms with E-state index >= 15 is 0 Å². The number of ketones is 1. The maximum Gasteiger partial charge on any atom is 0.408 e. The quantitative estimate of drug-likeness (QED) is 0.814. The maximum atomic E-state index is 12.8. The van der Waals surface area contributed by atoms with Crippen molar-refractivity contribution in [1.29, 1.82) is 0 Å². The normalized spacial score (nSPS) is 12.4. The maximum absolute atomic E-state index is 12.8. The second-order valence-electron chi connectivity index (χ2n) is 5.67. The minimum absolute atomic E-state index is 0.165. The molecule has 0 radical (unpaired) electrons. The molecule has 1 atom stereocenters. The summed E-state index contributed by atoms with van der Waals surface area (Å²) in [6.07, 6.45) is -1.38. The fourth-order valence-corrected chi connectivity index (χ4v) is 1.59. The number of aliphatic carboxylic acids is 1. The van der Waals surface area contributed by atoms with E-state index in [2.05, 4.69) is 5.32 Å². The molecule has 0 aromatic heterocycles. The van der Waals surface area contributed by atoms with Gasteiger partial charge in [-0.1, -0.05) is 0 Å². The lowest BCUT2D eigenvalue weighted by molar-refractivity contribution is -0.139. The van der Waals surface area contributed by atoms with Gasteiger partial charge in [0.25, 0.3) is 0 Å². The number of carboxylic acids is 1. The van der Waals surface area contributed by atoms with Crippen molar-refractivity contribution < 1.29 is 28.6 Å². The van der Waals surface area contributed by atoms with Gasteiger partial charge in [0, 0.05) is 12.0 Å². The average molecular weight is 311 g/mol. The van der Waals surface area contributed by atoms with Crippen LogP contribution in [-0.2, 0) is 9.53 Å². The van der Waals surface area contributed by atoms with Crippen LogP contribution in [0.1, 0.15) is 37.6 Å². The highest BCUT2D eigenvalue weighted by Gasteiger charge is 2.26. The topological polar surface area (TPSA) is 92.7 Å². The number of ether oxygens (including phenoxy) is 1. The van der Waals surface area contributed by atoms with Crippen molar-refractivity contribution in [2.24, 2.45) is 0 Å². The Hall–Kier alpha value is -2.44. The van der Waals surface area contributed by atoms with Crippen molar-refractivity contribution in [1.82, 2.24) is 5.32 Å². The van der Waals surface area contributed by atoms with Crippen molar-refractivity contribution >= 4 is 17.8 Å². The van der Waals surface area contributed by atoms with Crippen LogP contribution in [-0.4, -0.2) is 34.6 Å². The molecule has 120 valence electrons. The highest BCUT2D eigenvalue weighted by molar-refractivity contribution is 5.99. The first-order chi connectivity index (χ1) is 10.1. The summed E-state index contributed by atoms with van der Waals surface area (Å²) < 4.78 is 17.7. The van der Waals surface area contributed by atoms with Gasteiger partial charge < -0.3 is 15.2 Å². The molecular weight excluding hydrogens is 293 g/mol. The molecule has 6 nitrogen and oxygen atoms in total. The lowest BCUT2D eigenvalue weighted by Gasteiger charge is -2.21. The summed E-state index contributed by atoms with van der Waals surface area (Å²) in [7, 11) is 0. The third-order valence-electron chi connectivity index (χ3n) is 2.54. The molecule has 1 aromatic rings. The number of carboxylic acid groups (broad SMARTS) is 1. The van der Waals surface area contributed by atoms with Crippen molar-refractivity contribution in [3.8, 4) is 0 Å². The lowest BCUT2D eigenvalue weighted by Crippen LogP contribution is -2.44. The zero-order valence-electron chi connectivity index (χ0n) is 12.6. The molecular formula is C15H18FNO5. The van der Waals surface area contributed by atoms with E-state index < -0.39 is 41.7 Å². The fraction of sp³-hybridized carbons (Fsp3) is 0.400. The number of nitrogens with one attached hydrogen (secondary N) is 1. The minimum atomic E-state index is -1.42. The van der Waals surface area contributed by atoms with E-state index in [9.17, 15) is 18.8 Å². The van der Waals surface area contributed by atoms with E-state index in [1.54, 1.807) is 20.8 Å². The number of carbonyl (C=O) groups is 3. The molecule has 0 heterocycles. The van der Waals surface area contributed by atoms with Gasteiger partial charge in [0.15, 0.2) is 5.78 Å². The van der Waals surface area contributed by atoms with E-state index in [4.69, 9.17) is 9.84 Å². The summed E-state index contributed by atoms with van der Waals surface area (Å²) in [5.41, 5.74) is -0.618. The van der Waals surface area contributed by atoms with Crippen LogP contribution in [0.25, 0.3) is 0 Å². The van der Waals surface area contributed by atoms with Gasteiger partial charge in [-0.3, -0.25) is 4.79 Å². The Morgan fingerprint density at radius 1 is 1.23 bits per heavy atom. The Bertz CT molecular complexity index is 562. The molecule has 0 aliphatic rings. The summed E-state index contributed by atoms with van der Waals surface area (Å²) >= 11 is 0. The first-order valence-corrected chi connectivity index (χ1v) is 6.59. The molecule has 1 rings (SSSR count). The van der Waals surface area contributed by atoms with E-state index in [1.165, 1.54) is 12.1 Å². The van der Waals surface area contributed by atoms with Crippen LogP contribution >= 0.6 is 0 Å². The molecule has 22 heavy (non-hydrogen) atoms. The molecule has 1 aromatic carbocycles. The first kappa shape index (κ1) is 17.6. The monoisotopic (exact) mass is 311 g/mol. The Morgan fingerprint density at radius 2 is 1.77 bits per heavy atom. The Balaban J connectivity index is 2.72. The number of alkyl carbamates (subject to hydrolysis) is 1. The Labute approximate surface area is 127 Å². The van der Waals surface area contributed by atoms with Gasteiger partial charge in [0.05, 0.1) is 0 Å². The molecule has 0 saturated carbocycles. The largest absolute Gasteiger partial charge is 0.480 e. The molecule has 0 bridgehead atoms. The summed E-state index contributed by atoms with van der Waals surface area (Å²) in [5, 5.41) is 11.2. The number of rotatable bonds is 5. The van der Waals surface area contributed by atoms with Crippen LogP contribution < -0.4 is 5.32 Å². The van der Waals surface area contributed by atoms with Gasteiger partial charge in [-0.2, -0.15) is 0 Å². The highest BCUT2D eigenvalue weighted by atomic mass is 19.1. The van der Waals surface area contributed by atoms with E-state index in [0.29, 0.717) is 0 Å². The van der Waals surface area contributed by atoms with Gasteiger partial charge in [-0.15, -0.1) is 0 Å². The van der Waals surface area contributed by atoms with Crippen LogP contribution in [0.15, 0.2) is 24.3 Å². The molecule has 1 amide bonds. The Kier molecular flexibility index (Phi) is 5.62. The number of hydrogen-bond donors (Lipinski definition) is 2. The van der Waals surface area contributed by atoms with Crippen molar-refractivity contribution in [3.05, 3.63) is 35.6 Å². The van der Waals surface area contributed by atoms with Crippen LogP contribution in [0.3, 0.4) is 0 Å². The van der Waals surface area contributed by atoms with Crippen molar-refractivity contribution in [3.63, 3.8) is 0 Å².